The molecule has 1 aromatic heterocycles. The van der Waals surface area contributed by atoms with E-state index in [-0.39, 0.29) is 19.6 Å². The number of aromatic amines is 1. The van der Waals surface area contributed by atoms with Crippen LogP contribution in [0.2, 0.25) is 5.02 Å². The van der Waals surface area contributed by atoms with E-state index >= 15 is 0 Å². The highest BCUT2D eigenvalue weighted by atomic mass is 35.5. The summed E-state index contributed by atoms with van der Waals surface area (Å²) in [6, 6.07) is 6.22. The Kier molecular flexibility index (Phi) is 7.03. The summed E-state index contributed by atoms with van der Waals surface area (Å²) < 4.78 is 31.4. The van der Waals surface area contributed by atoms with Crippen molar-refractivity contribution in [1.29, 1.82) is 0 Å². The van der Waals surface area contributed by atoms with Crippen molar-refractivity contribution >= 4 is 17.6 Å². The summed E-state index contributed by atoms with van der Waals surface area (Å²) >= 11 is 5.88. The van der Waals surface area contributed by atoms with Gasteiger partial charge in [0.2, 0.25) is 5.82 Å². The second-order valence-corrected chi connectivity index (χ2v) is 7.34. The standard InChI is InChI=1S/C19H21ClFN3O6/c1-10(22)18(26)29-9-15-14(28-8-11-2-4-12(20)5-3-11)6-16(30-15)24-7-13(21)17(25)23-19(24)27/h2-5,7,10,14-16H,6,8-9,22H2,1H3,(H,23,25,27)/t10-,14-,15+,16+/m0/s1. The van der Waals surface area contributed by atoms with Crippen molar-refractivity contribution in [3.63, 3.8) is 0 Å². The highest BCUT2D eigenvalue weighted by Crippen LogP contribution is 2.31. The van der Waals surface area contributed by atoms with E-state index in [4.69, 9.17) is 31.5 Å². The van der Waals surface area contributed by atoms with E-state index in [2.05, 4.69) is 0 Å². The predicted octanol–water partition coefficient (Wildman–Crippen LogP) is 1.09. The van der Waals surface area contributed by atoms with E-state index in [1.165, 1.54) is 6.92 Å². The number of esters is 1. The number of ether oxygens (including phenoxy) is 3. The number of aromatic nitrogens is 2. The number of H-pyrrole nitrogens is 1. The summed E-state index contributed by atoms with van der Waals surface area (Å²) in [5, 5.41) is 0.586. The van der Waals surface area contributed by atoms with Crippen LogP contribution in [0, 0.1) is 5.82 Å². The van der Waals surface area contributed by atoms with Gasteiger partial charge in [0.05, 0.1) is 18.9 Å². The van der Waals surface area contributed by atoms with Crippen molar-refractivity contribution in [2.75, 3.05) is 6.61 Å². The van der Waals surface area contributed by atoms with Crippen LogP contribution >= 0.6 is 11.6 Å². The smallest absolute Gasteiger partial charge is 0.330 e. The number of carbonyl (C=O) groups is 1. The maximum absolute atomic E-state index is 13.7. The Balaban J connectivity index is 1.75. The SMILES string of the molecule is C[C@H](N)C(=O)OC[C@H]1O[C@@H](n2cc(F)c(=O)[nH]c2=O)C[C@@H]1OCc1ccc(Cl)cc1. The molecule has 9 nitrogen and oxygen atoms in total. The van der Waals surface area contributed by atoms with E-state index in [9.17, 15) is 18.8 Å². The maximum atomic E-state index is 13.7. The van der Waals surface area contributed by atoms with Crippen LogP contribution in [0.25, 0.3) is 0 Å². The number of benzene rings is 1. The summed E-state index contributed by atoms with van der Waals surface area (Å²) in [7, 11) is 0. The topological polar surface area (TPSA) is 126 Å². The first-order chi connectivity index (χ1) is 14.2. The molecule has 0 radical (unpaired) electrons. The minimum absolute atomic E-state index is 0.164. The molecule has 1 aliphatic rings. The molecule has 162 valence electrons. The Hall–Kier alpha value is -2.53. The van der Waals surface area contributed by atoms with Gasteiger partial charge in [-0.25, -0.2) is 4.79 Å². The van der Waals surface area contributed by atoms with Crippen molar-refractivity contribution in [3.05, 3.63) is 67.7 Å². The predicted molar refractivity (Wildman–Crippen MR) is 104 cm³/mol. The lowest BCUT2D eigenvalue weighted by Gasteiger charge is -2.19. The summed E-state index contributed by atoms with van der Waals surface area (Å²) in [5.74, 6) is -1.74. The first-order valence-electron chi connectivity index (χ1n) is 9.19. The van der Waals surface area contributed by atoms with Crippen LogP contribution in [0.3, 0.4) is 0 Å². The zero-order chi connectivity index (χ0) is 21.8. The minimum atomic E-state index is -1.12. The van der Waals surface area contributed by atoms with Crippen molar-refractivity contribution in [2.45, 2.75) is 44.4 Å². The Morgan fingerprint density at radius 2 is 2.10 bits per heavy atom. The Morgan fingerprint density at radius 1 is 1.40 bits per heavy atom. The lowest BCUT2D eigenvalue weighted by molar-refractivity contribution is -0.152. The second kappa shape index (κ2) is 9.52. The van der Waals surface area contributed by atoms with Crippen molar-refractivity contribution < 1.29 is 23.4 Å². The van der Waals surface area contributed by atoms with Crippen LogP contribution in [0.1, 0.15) is 25.1 Å². The number of nitrogens with zero attached hydrogens (tertiary/aromatic N) is 1. The van der Waals surface area contributed by atoms with E-state index in [0.29, 0.717) is 5.02 Å². The van der Waals surface area contributed by atoms with Gasteiger partial charge in [0.25, 0.3) is 5.56 Å². The number of nitrogens with two attached hydrogens (primary N) is 1. The van der Waals surface area contributed by atoms with Gasteiger partial charge < -0.3 is 19.9 Å². The number of halogens is 2. The molecular weight excluding hydrogens is 421 g/mol. The van der Waals surface area contributed by atoms with Gasteiger partial charge in [0.1, 0.15) is 25.0 Å². The van der Waals surface area contributed by atoms with Crippen LogP contribution in [0.15, 0.2) is 40.1 Å². The molecule has 3 N–H and O–H groups in total. The molecule has 2 aromatic rings. The van der Waals surface area contributed by atoms with Crippen LogP contribution in [-0.4, -0.2) is 40.4 Å². The second-order valence-electron chi connectivity index (χ2n) is 6.90. The van der Waals surface area contributed by atoms with Gasteiger partial charge in [-0.1, -0.05) is 23.7 Å². The van der Waals surface area contributed by atoms with E-state index in [0.717, 1.165) is 16.3 Å². The van der Waals surface area contributed by atoms with E-state index < -0.39 is 47.5 Å². The van der Waals surface area contributed by atoms with Crippen LogP contribution < -0.4 is 17.0 Å². The molecule has 11 heteroatoms. The van der Waals surface area contributed by atoms with E-state index in [1.807, 2.05) is 4.98 Å². The molecule has 0 amide bonds. The number of rotatable bonds is 7. The Labute approximate surface area is 175 Å². The molecule has 1 saturated heterocycles. The van der Waals surface area contributed by atoms with Crippen molar-refractivity contribution in [2.24, 2.45) is 5.73 Å². The number of nitrogens with one attached hydrogen (secondary N) is 1. The van der Waals surface area contributed by atoms with Gasteiger partial charge in [-0.3, -0.25) is 19.1 Å². The lowest BCUT2D eigenvalue weighted by Crippen LogP contribution is -2.35. The van der Waals surface area contributed by atoms with Gasteiger partial charge >= 0.3 is 11.7 Å². The van der Waals surface area contributed by atoms with Gasteiger partial charge in [0, 0.05) is 11.4 Å². The largest absolute Gasteiger partial charge is 0.462 e. The summed E-state index contributed by atoms with van der Waals surface area (Å²) in [5.41, 5.74) is 4.40. The average Bonchev–Trinajstić information content (AvgIpc) is 3.11. The quantitative estimate of drug-likeness (QED) is 0.616. The number of hydrogen-bond acceptors (Lipinski definition) is 7. The zero-order valence-corrected chi connectivity index (χ0v) is 16.8. The first kappa shape index (κ1) is 22.2. The fraction of sp³-hybridized carbons (Fsp3) is 0.421. The van der Waals surface area contributed by atoms with Crippen LogP contribution in [0.4, 0.5) is 4.39 Å². The average molecular weight is 442 g/mol. The van der Waals surface area contributed by atoms with Gasteiger partial charge in [0.15, 0.2) is 0 Å². The molecular formula is C19H21ClFN3O6. The van der Waals surface area contributed by atoms with Gasteiger partial charge in [-0.05, 0) is 24.6 Å². The molecule has 0 aliphatic carbocycles. The highest BCUT2D eigenvalue weighted by molar-refractivity contribution is 6.30. The molecule has 0 spiro atoms. The third kappa shape index (κ3) is 5.33. The lowest BCUT2D eigenvalue weighted by atomic mass is 10.1. The van der Waals surface area contributed by atoms with Gasteiger partial charge in [-0.15, -0.1) is 0 Å². The molecule has 4 atom stereocenters. The summed E-state index contributed by atoms with van der Waals surface area (Å²) in [4.78, 5) is 36.9. The van der Waals surface area contributed by atoms with Gasteiger partial charge in [-0.2, -0.15) is 4.39 Å². The third-order valence-electron chi connectivity index (χ3n) is 4.55. The fourth-order valence-corrected chi connectivity index (χ4v) is 3.08. The normalized spacial score (nSPS) is 22.1. The zero-order valence-electron chi connectivity index (χ0n) is 16.0. The summed E-state index contributed by atoms with van der Waals surface area (Å²) in [6.07, 6.45) is -1.28. The van der Waals surface area contributed by atoms with Crippen LogP contribution in [0.5, 0.6) is 0 Å². The molecule has 0 unspecified atom stereocenters. The molecule has 3 rings (SSSR count). The third-order valence-corrected chi connectivity index (χ3v) is 4.81. The van der Waals surface area contributed by atoms with Crippen molar-refractivity contribution in [3.8, 4) is 0 Å². The molecule has 1 fully saturated rings. The Morgan fingerprint density at radius 3 is 2.77 bits per heavy atom. The summed E-state index contributed by atoms with van der Waals surface area (Å²) in [6.45, 7) is 1.53. The fourth-order valence-electron chi connectivity index (χ4n) is 2.95. The Bertz CT molecular complexity index is 1010. The maximum Gasteiger partial charge on any atom is 0.330 e. The monoisotopic (exact) mass is 441 g/mol. The first-order valence-corrected chi connectivity index (χ1v) is 9.57. The molecule has 1 aliphatic heterocycles. The molecule has 2 heterocycles. The minimum Gasteiger partial charge on any atom is -0.462 e. The molecule has 0 bridgehead atoms. The molecule has 0 saturated carbocycles. The number of carbonyl (C=O) groups excluding carboxylic acids is 1. The van der Waals surface area contributed by atoms with E-state index in [1.54, 1.807) is 24.3 Å². The molecule has 1 aromatic carbocycles. The number of hydrogen-bond donors (Lipinski definition) is 2. The highest BCUT2D eigenvalue weighted by Gasteiger charge is 2.38. The van der Waals surface area contributed by atoms with Crippen LogP contribution in [-0.2, 0) is 25.6 Å². The van der Waals surface area contributed by atoms with Crippen molar-refractivity contribution in [1.82, 2.24) is 9.55 Å². The molecule has 30 heavy (non-hydrogen) atoms.